The molecule has 8 heteroatoms. The minimum absolute atomic E-state index is 0.0733. The summed E-state index contributed by atoms with van der Waals surface area (Å²) in [6, 6.07) is 4.35. The first-order valence-electron chi connectivity index (χ1n) is 7.87. The number of pyridine rings is 1. The molecule has 1 aromatic carbocycles. The summed E-state index contributed by atoms with van der Waals surface area (Å²) in [6.45, 7) is 4.77. The average Bonchev–Trinajstić information content (AvgIpc) is 2.60. The molecule has 0 unspecified atom stereocenters. The molecule has 0 radical (unpaired) electrons. The van der Waals surface area contributed by atoms with Gasteiger partial charge in [0.05, 0.1) is 12.2 Å². The van der Waals surface area contributed by atoms with Gasteiger partial charge in [0.15, 0.2) is 6.29 Å². The summed E-state index contributed by atoms with van der Waals surface area (Å²) in [5, 5.41) is 0.358. The van der Waals surface area contributed by atoms with Gasteiger partial charge in [-0.2, -0.15) is 0 Å². The normalized spacial score (nSPS) is 11.1. The lowest BCUT2D eigenvalue weighted by Crippen LogP contribution is -2.34. The quantitative estimate of drug-likeness (QED) is 0.678. The van der Waals surface area contributed by atoms with Crippen molar-refractivity contribution in [3.63, 3.8) is 0 Å². The van der Waals surface area contributed by atoms with Gasteiger partial charge in [-0.3, -0.25) is 4.98 Å². The highest BCUT2D eigenvalue weighted by Crippen LogP contribution is 2.31. The summed E-state index contributed by atoms with van der Waals surface area (Å²) in [4.78, 5) is 20.7. The summed E-state index contributed by atoms with van der Waals surface area (Å²) >= 11 is 0. The third kappa shape index (κ3) is 4.21. The van der Waals surface area contributed by atoms with Crippen molar-refractivity contribution < 1.29 is 28.1 Å². The van der Waals surface area contributed by atoms with Crippen molar-refractivity contribution in [1.82, 2.24) is 4.98 Å². The second-order valence-corrected chi connectivity index (χ2v) is 5.24. The smallest absolute Gasteiger partial charge is 0.368 e. The molecule has 0 amide bonds. The highest BCUT2D eigenvalue weighted by molar-refractivity contribution is 6.05. The summed E-state index contributed by atoms with van der Waals surface area (Å²) in [5.41, 5.74) is 0.246. The second kappa shape index (κ2) is 8.68. The number of fused-ring (bicyclic) bond motifs is 1. The average molecular weight is 354 g/mol. The first-order chi connectivity index (χ1) is 12.0. The number of halogens is 2. The van der Waals surface area contributed by atoms with Gasteiger partial charge in [-0.1, -0.05) is 12.1 Å². The molecule has 6 nitrogen and oxygen atoms in total. The third-order valence-corrected chi connectivity index (χ3v) is 3.62. The molecule has 0 aliphatic rings. The molecular weight excluding hydrogens is 334 g/mol. The van der Waals surface area contributed by atoms with Crippen LogP contribution >= 0.6 is 0 Å². The highest BCUT2D eigenvalue weighted by Gasteiger charge is 2.23. The molecular formula is C17H20F2N2O4. The van der Waals surface area contributed by atoms with Gasteiger partial charge >= 0.3 is 5.97 Å². The van der Waals surface area contributed by atoms with Crippen molar-refractivity contribution in [1.29, 1.82) is 0 Å². The number of anilines is 1. The van der Waals surface area contributed by atoms with Crippen LogP contribution in [0.15, 0.2) is 24.4 Å². The summed E-state index contributed by atoms with van der Waals surface area (Å²) < 4.78 is 37.5. The van der Waals surface area contributed by atoms with Crippen LogP contribution in [0.3, 0.4) is 0 Å². The van der Waals surface area contributed by atoms with Crippen LogP contribution in [0.5, 0.6) is 0 Å². The number of para-hydroxylation sites is 1. The first-order valence-corrected chi connectivity index (χ1v) is 7.87. The van der Waals surface area contributed by atoms with Crippen molar-refractivity contribution in [2.45, 2.75) is 20.1 Å². The van der Waals surface area contributed by atoms with Crippen molar-refractivity contribution in [2.24, 2.45) is 0 Å². The molecule has 0 N–H and O–H groups in total. The first kappa shape index (κ1) is 19.0. The fourth-order valence-electron chi connectivity index (χ4n) is 2.62. The molecule has 1 aromatic heterocycles. The Labute approximate surface area is 144 Å². The Hall–Kier alpha value is -2.32. The standard InChI is InChI=1S/C17H20F2N2O4/c1-4-23-14(24-5-2)10-21(3)16-11-7-6-8-13(18)15(11)20-9-12(16)17(22)25-19/h6-9,14H,4-5,10H2,1-3H3. The maximum Gasteiger partial charge on any atom is 0.383 e. The number of aromatic nitrogens is 1. The van der Waals surface area contributed by atoms with E-state index in [0.717, 1.165) is 6.20 Å². The van der Waals surface area contributed by atoms with Gasteiger partial charge in [-0.25, -0.2) is 14.1 Å². The van der Waals surface area contributed by atoms with Crippen LogP contribution in [0, 0.1) is 5.82 Å². The van der Waals surface area contributed by atoms with E-state index in [2.05, 4.69) is 9.93 Å². The number of likely N-dealkylation sites (N-methyl/N-ethyl adjacent to an activating group) is 1. The lowest BCUT2D eigenvalue weighted by Gasteiger charge is -2.27. The molecule has 0 atom stereocenters. The molecule has 0 fully saturated rings. The van der Waals surface area contributed by atoms with E-state index in [0.29, 0.717) is 18.6 Å². The molecule has 2 aromatic rings. The van der Waals surface area contributed by atoms with E-state index >= 15 is 0 Å². The maximum absolute atomic E-state index is 14.0. The van der Waals surface area contributed by atoms with Crippen LogP contribution in [0.2, 0.25) is 0 Å². The van der Waals surface area contributed by atoms with Gasteiger partial charge in [0, 0.05) is 36.4 Å². The molecule has 0 saturated carbocycles. The summed E-state index contributed by atoms with van der Waals surface area (Å²) in [5.74, 6) is -1.75. The van der Waals surface area contributed by atoms with Crippen molar-refractivity contribution in [3.05, 3.63) is 35.8 Å². The molecule has 0 saturated heterocycles. The minimum Gasteiger partial charge on any atom is -0.368 e. The van der Waals surface area contributed by atoms with Crippen molar-refractivity contribution >= 4 is 22.6 Å². The van der Waals surface area contributed by atoms with Crippen molar-refractivity contribution in [2.75, 3.05) is 31.7 Å². The Kier molecular flexibility index (Phi) is 6.60. The number of hydrogen-bond acceptors (Lipinski definition) is 6. The van der Waals surface area contributed by atoms with Crippen LogP contribution in [0.25, 0.3) is 10.9 Å². The van der Waals surface area contributed by atoms with Gasteiger partial charge < -0.3 is 14.4 Å². The number of hydrogen-bond donors (Lipinski definition) is 0. The Balaban J connectivity index is 2.51. The lowest BCUT2D eigenvalue weighted by molar-refractivity contribution is -0.129. The number of rotatable bonds is 8. The monoisotopic (exact) mass is 354 g/mol. The van der Waals surface area contributed by atoms with Gasteiger partial charge in [0.1, 0.15) is 16.9 Å². The van der Waals surface area contributed by atoms with Gasteiger partial charge in [-0.15, -0.1) is 0 Å². The molecule has 0 aliphatic carbocycles. The van der Waals surface area contributed by atoms with E-state index < -0.39 is 18.1 Å². The van der Waals surface area contributed by atoms with Crippen LogP contribution in [0.1, 0.15) is 24.2 Å². The Morgan fingerprint density at radius 3 is 2.56 bits per heavy atom. The fraction of sp³-hybridized carbons (Fsp3) is 0.412. The zero-order chi connectivity index (χ0) is 18.4. The lowest BCUT2D eigenvalue weighted by atomic mass is 10.1. The van der Waals surface area contributed by atoms with Crippen LogP contribution in [-0.2, 0) is 14.4 Å². The van der Waals surface area contributed by atoms with E-state index in [1.165, 1.54) is 12.1 Å². The number of ether oxygens (including phenoxy) is 2. The highest BCUT2D eigenvalue weighted by atomic mass is 19.3. The Morgan fingerprint density at radius 2 is 1.96 bits per heavy atom. The molecule has 0 aliphatic heterocycles. The van der Waals surface area contributed by atoms with E-state index in [9.17, 15) is 13.7 Å². The van der Waals surface area contributed by atoms with Crippen LogP contribution in [-0.4, -0.2) is 44.0 Å². The van der Waals surface area contributed by atoms with Gasteiger partial charge in [0.25, 0.3) is 0 Å². The van der Waals surface area contributed by atoms with E-state index in [4.69, 9.17) is 9.47 Å². The van der Waals surface area contributed by atoms with Crippen LogP contribution in [0.4, 0.5) is 14.6 Å². The Morgan fingerprint density at radius 1 is 1.28 bits per heavy atom. The molecule has 1 heterocycles. The summed E-state index contributed by atoms with van der Waals surface area (Å²) in [6.07, 6.45) is 0.529. The maximum atomic E-state index is 14.0. The minimum atomic E-state index is -1.20. The number of benzene rings is 1. The largest absolute Gasteiger partial charge is 0.383 e. The number of carbonyl (C=O) groups excluding carboxylic acids is 1. The molecule has 0 bridgehead atoms. The predicted octanol–water partition coefficient (Wildman–Crippen LogP) is 3.25. The second-order valence-electron chi connectivity index (χ2n) is 5.24. The molecule has 136 valence electrons. The Bertz CT molecular complexity index is 736. The number of carbonyl (C=O) groups is 1. The number of nitrogens with zero attached hydrogens (tertiary/aromatic N) is 2. The summed E-state index contributed by atoms with van der Waals surface area (Å²) in [7, 11) is 1.67. The van der Waals surface area contributed by atoms with E-state index in [1.807, 2.05) is 13.8 Å². The van der Waals surface area contributed by atoms with E-state index in [1.54, 1.807) is 18.0 Å². The van der Waals surface area contributed by atoms with Crippen molar-refractivity contribution in [3.8, 4) is 0 Å². The van der Waals surface area contributed by atoms with E-state index in [-0.39, 0.29) is 23.3 Å². The molecule has 0 spiro atoms. The topological polar surface area (TPSA) is 60.9 Å². The zero-order valence-corrected chi connectivity index (χ0v) is 14.3. The van der Waals surface area contributed by atoms with Gasteiger partial charge in [-0.05, 0) is 19.9 Å². The molecule has 2 rings (SSSR count). The predicted molar refractivity (Wildman–Crippen MR) is 88.5 cm³/mol. The fourth-order valence-corrected chi connectivity index (χ4v) is 2.62. The SMILES string of the molecule is CCOC(CN(C)c1c(C(=O)OF)cnc2c(F)cccc12)OCC. The zero-order valence-electron chi connectivity index (χ0n) is 14.3. The molecule has 25 heavy (non-hydrogen) atoms. The third-order valence-electron chi connectivity index (χ3n) is 3.62. The van der Waals surface area contributed by atoms with Crippen LogP contribution < -0.4 is 4.90 Å². The van der Waals surface area contributed by atoms with Gasteiger partial charge in [0.2, 0.25) is 0 Å².